The number of rotatable bonds is 0. The second kappa shape index (κ2) is 3.02. The third-order valence-corrected chi connectivity index (χ3v) is 1.99. The molecule has 0 radical (unpaired) electrons. The van der Waals surface area contributed by atoms with Crippen LogP contribution in [-0.4, -0.2) is 11.2 Å². The smallest absolute Gasteiger partial charge is 0.0750 e. The van der Waals surface area contributed by atoms with Crippen molar-refractivity contribution in [2.45, 2.75) is 38.7 Å². The summed E-state index contributed by atoms with van der Waals surface area (Å²) in [7, 11) is 0. The number of aliphatic hydroxyl groups is 1. The van der Waals surface area contributed by atoms with E-state index in [1.807, 2.05) is 13.0 Å². The van der Waals surface area contributed by atoms with Crippen LogP contribution in [-0.2, 0) is 0 Å². The van der Waals surface area contributed by atoms with Crippen molar-refractivity contribution in [2.24, 2.45) is 0 Å². The summed E-state index contributed by atoms with van der Waals surface area (Å²) in [6.45, 7) is 2.00. The summed E-state index contributed by atoms with van der Waals surface area (Å²) in [4.78, 5) is 0. The SMILES string of the molecule is C/C=C1/CCCC[C@@H]1O. The van der Waals surface area contributed by atoms with E-state index in [0.29, 0.717) is 0 Å². The Kier molecular flexibility index (Phi) is 2.29. The first-order chi connectivity index (χ1) is 4.34. The van der Waals surface area contributed by atoms with E-state index in [4.69, 9.17) is 0 Å². The molecule has 0 aromatic carbocycles. The van der Waals surface area contributed by atoms with Gasteiger partial charge in [-0.2, -0.15) is 0 Å². The highest BCUT2D eigenvalue weighted by atomic mass is 16.3. The molecule has 1 heteroatoms. The molecule has 0 spiro atoms. The molecule has 1 atom stereocenters. The number of allylic oxidation sites excluding steroid dienone is 1. The molecule has 0 aromatic heterocycles. The molecular formula is C8H14O. The predicted octanol–water partition coefficient (Wildman–Crippen LogP) is 1.87. The van der Waals surface area contributed by atoms with E-state index in [1.165, 1.54) is 18.4 Å². The second-order valence-corrected chi connectivity index (χ2v) is 2.63. The minimum atomic E-state index is -0.122. The van der Waals surface area contributed by atoms with Crippen LogP contribution in [0.4, 0.5) is 0 Å². The number of hydrogen-bond donors (Lipinski definition) is 1. The highest BCUT2D eigenvalue weighted by molar-refractivity contribution is 5.08. The Hall–Kier alpha value is -0.300. The van der Waals surface area contributed by atoms with Gasteiger partial charge in [-0.15, -0.1) is 0 Å². The van der Waals surface area contributed by atoms with Crippen LogP contribution in [0.15, 0.2) is 11.6 Å². The maximum atomic E-state index is 9.30. The molecule has 0 aliphatic heterocycles. The van der Waals surface area contributed by atoms with E-state index in [0.717, 1.165) is 12.8 Å². The molecule has 9 heavy (non-hydrogen) atoms. The van der Waals surface area contributed by atoms with Crippen molar-refractivity contribution in [1.82, 2.24) is 0 Å². The zero-order valence-electron chi connectivity index (χ0n) is 5.93. The van der Waals surface area contributed by atoms with E-state index in [2.05, 4.69) is 0 Å². The van der Waals surface area contributed by atoms with Gasteiger partial charge in [0.1, 0.15) is 0 Å². The van der Waals surface area contributed by atoms with E-state index in [-0.39, 0.29) is 6.10 Å². The van der Waals surface area contributed by atoms with Crippen molar-refractivity contribution < 1.29 is 5.11 Å². The van der Waals surface area contributed by atoms with Gasteiger partial charge in [-0.05, 0) is 31.8 Å². The van der Waals surface area contributed by atoms with E-state index < -0.39 is 0 Å². The molecule has 1 fully saturated rings. The molecule has 0 unspecified atom stereocenters. The fourth-order valence-electron chi connectivity index (χ4n) is 1.36. The normalized spacial score (nSPS) is 33.1. The van der Waals surface area contributed by atoms with Gasteiger partial charge in [-0.1, -0.05) is 12.5 Å². The molecule has 0 bridgehead atoms. The van der Waals surface area contributed by atoms with Crippen LogP contribution in [0, 0.1) is 0 Å². The third-order valence-electron chi connectivity index (χ3n) is 1.99. The average Bonchev–Trinajstić information content (AvgIpc) is 1.89. The lowest BCUT2D eigenvalue weighted by Crippen LogP contribution is -2.14. The quantitative estimate of drug-likeness (QED) is 0.491. The molecule has 1 rings (SSSR count). The lowest BCUT2D eigenvalue weighted by molar-refractivity contribution is 0.178. The standard InChI is InChI=1S/C8H14O/c1-2-7-5-3-4-6-8(7)9/h2,8-9H,3-6H2,1H3/b7-2-/t8-/m0/s1. The first-order valence-corrected chi connectivity index (χ1v) is 3.67. The Balaban J connectivity index is 2.49. The summed E-state index contributed by atoms with van der Waals surface area (Å²) >= 11 is 0. The molecule has 52 valence electrons. The molecule has 0 amide bonds. The second-order valence-electron chi connectivity index (χ2n) is 2.63. The van der Waals surface area contributed by atoms with Gasteiger partial charge in [0.05, 0.1) is 6.10 Å². The molecule has 1 aliphatic rings. The van der Waals surface area contributed by atoms with Crippen molar-refractivity contribution in [3.8, 4) is 0 Å². The monoisotopic (exact) mass is 126 g/mol. The van der Waals surface area contributed by atoms with Gasteiger partial charge in [0.2, 0.25) is 0 Å². The van der Waals surface area contributed by atoms with Crippen LogP contribution in [0.5, 0.6) is 0 Å². The van der Waals surface area contributed by atoms with Crippen molar-refractivity contribution >= 4 is 0 Å². The van der Waals surface area contributed by atoms with Gasteiger partial charge < -0.3 is 5.11 Å². The van der Waals surface area contributed by atoms with Gasteiger partial charge in [-0.25, -0.2) is 0 Å². The number of aliphatic hydroxyl groups excluding tert-OH is 1. The fourth-order valence-corrected chi connectivity index (χ4v) is 1.36. The first kappa shape index (κ1) is 6.81. The van der Waals surface area contributed by atoms with Gasteiger partial charge >= 0.3 is 0 Å². The molecule has 1 aliphatic carbocycles. The van der Waals surface area contributed by atoms with Crippen molar-refractivity contribution in [2.75, 3.05) is 0 Å². The van der Waals surface area contributed by atoms with Crippen LogP contribution in [0.1, 0.15) is 32.6 Å². The number of hydrogen-bond acceptors (Lipinski definition) is 1. The molecule has 1 saturated carbocycles. The third kappa shape index (κ3) is 1.55. The molecule has 0 aromatic rings. The zero-order valence-corrected chi connectivity index (χ0v) is 5.93. The highest BCUT2D eigenvalue weighted by Crippen LogP contribution is 2.22. The Morgan fingerprint density at radius 3 is 2.78 bits per heavy atom. The Morgan fingerprint density at radius 1 is 1.56 bits per heavy atom. The lowest BCUT2D eigenvalue weighted by Gasteiger charge is -2.19. The Labute approximate surface area is 56.4 Å². The van der Waals surface area contributed by atoms with E-state index >= 15 is 0 Å². The van der Waals surface area contributed by atoms with Crippen LogP contribution in [0.25, 0.3) is 0 Å². The van der Waals surface area contributed by atoms with Gasteiger partial charge in [0.15, 0.2) is 0 Å². The molecule has 0 heterocycles. The summed E-state index contributed by atoms with van der Waals surface area (Å²) in [6, 6.07) is 0. The predicted molar refractivity (Wildman–Crippen MR) is 38.2 cm³/mol. The largest absolute Gasteiger partial charge is 0.389 e. The summed E-state index contributed by atoms with van der Waals surface area (Å²) in [6.07, 6.45) is 6.46. The lowest BCUT2D eigenvalue weighted by atomic mass is 9.92. The Morgan fingerprint density at radius 2 is 2.33 bits per heavy atom. The van der Waals surface area contributed by atoms with Gasteiger partial charge in [0, 0.05) is 0 Å². The maximum Gasteiger partial charge on any atom is 0.0750 e. The van der Waals surface area contributed by atoms with Crippen LogP contribution >= 0.6 is 0 Å². The highest BCUT2D eigenvalue weighted by Gasteiger charge is 2.13. The summed E-state index contributed by atoms with van der Waals surface area (Å²) < 4.78 is 0. The molecule has 0 saturated heterocycles. The zero-order chi connectivity index (χ0) is 6.69. The summed E-state index contributed by atoms with van der Waals surface area (Å²) in [5.74, 6) is 0. The van der Waals surface area contributed by atoms with E-state index in [1.54, 1.807) is 0 Å². The maximum absolute atomic E-state index is 9.30. The van der Waals surface area contributed by atoms with E-state index in [9.17, 15) is 5.11 Å². The van der Waals surface area contributed by atoms with Gasteiger partial charge in [-0.3, -0.25) is 0 Å². The van der Waals surface area contributed by atoms with Gasteiger partial charge in [0.25, 0.3) is 0 Å². The van der Waals surface area contributed by atoms with Crippen LogP contribution in [0.3, 0.4) is 0 Å². The van der Waals surface area contributed by atoms with Crippen LogP contribution in [0.2, 0.25) is 0 Å². The minimum absolute atomic E-state index is 0.122. The Bertz CT molecular complexity index is 116. The minimum Gasteiger partial charge on any atom is -0.389 e. The first-order valence-electron chi connectivity index (χ1n) is 3.67. The molecular weight excluding hydrogens is 112 g/mol. The topological polar surface area (TPSA) is 20.2 Å². The summed E-state index contributed by atoms with van der Waals surface area (Å²) in [5, 5.41) is 9.30. The van der Waals surface area contributed by atoms with Crippen molar-refractivity contribution in [3.63, 3.8) is 0 Å². The van der Waals surface area contributed by atoms with Crippen molar-refractivity contribution in [3.05, 3.63) is 11.6 Å². The average molecular weight is 126 g/mol. The van der Waals surface area contributed by atoms with Crippen LogP contribution < -0.4 is 0 Å². The van der Waals surface area contributed by atoms with Crippen molar-refractivity contribution in [1.29, 1.82) is 0 Å². The summed E-state index contributed by atoms with van der Waals surface area (Å²) in [5.41, 5.74) is 1.24. The molecule has 1 nitrogen and oxygen atoms in total. The molecule has 1 N–H and O–H groups in total. The fraction of sp³-hybridized carbons (Fsp3) is 0.750.